The van der Waals surface area contributed by atoms with Gasteiger partial charge in [0.15, 0.2) is 0 Å². The molecule has 4 aromatic rings. The molecule has 0 saturated heterocycles. The zero-order valence-electron chi connectivity index (χ0n) is 18.3. The minimum absolute atomic E-state index is 0.175. The normalized spacial score (nSPS) is 10.6. The molecule has 1 N–H and O–H groups in total. The molecule has 0 spiro atoms. The van der Waals surface area contributed by atoms with Gasteiger partial charge >= 0.3 is 0 Å². The summed E-state index contributed by atoms with van der Waals surface area (Å²) in [5.41, 5.74) is 3.07. The van der Waals surface area contributed by atoms with Crippen LogP contribution in [0.5, 0.6) is 5.75 Å². The highest BCUT2D eigenvalue weighted by Gasteiger charge is 2.09. The molecule has 0 radical (unpaired) electrons. The van der Waals surface area contributed by atoms with Gasteiger partial charge in [-0.3, -0.25) is 9.59 Å². The van der Waals surface area contributed by atoms with Crippen molar-refractivity contribution in [2.75, 3.05) is 7.11 Å². The molecule has 3 aromatic carbocycles. The van der Waals surface area contributed by atoms with Crippen LogP contribution in [0.4, 0.5) is 0 Å². The molecule has 0 aliphatic heterocycles. The Balaban J connectivity index is 1.46. The number of hydrogen-bond donors (Lipinski definition) is 1. The largest absolute Gasteiger partial charge is 0.497 e. The van der Waals surface area contributed by atoms with Gasteiger partial charge in [0, 0.05) is 23.1 Å². The fourth-order valence-electron chi connectivity index (χ4n) is 3.14. The molecule has 1 amide bonds. The van der Waals surface area contributed by atoms with E-state index in [0.717, 1.165) is 16.2 Å². The molecule has 0 unspecified atom stereocenters. The number of carbonyl (C=O) groups excluding carboxylic acids is 1. The molecule has 1 heterocycles. The van der Waals surface area contributed by atoms with Crippen molar-refractivity contribution in [2.24, 2.45) is 0 Å². The van der Waals surface area contributed by atoms with E-state index in [9.17, 15) is 9.59 Å². The number of ether oxygens (including phenoxy) is 1. The molecule has 0 aliphatic rings. The maximum atomic E-state index is 12.5. The molecule has 0 fully saturated rings. The lowest BCUT2D eigenvalue weighted by atomic mass is 10.1. The van der Waals surface area contributed by atoms with Crippen LogP contribution in [0.1, 0.15) is 21.5 Å². The monoisotopic (exact) mass is 457 g/mol. The molecule has 7 heteroatoms. The lowest BCUT2D eigenvalue weighted by Gasteiger charge is -2.09. The Morgan fingerprint density at radius 3 is 2.30 bits per heavy atom. The average Bonchev–Trinajstić information content (AvgIpc) is 2.85. The van der Waals surface area contributed by atoms with E-state index >= 15 is 0 Å². The molecule has 0 saturated carbocycles. The SMILES string of the molecule is COc1ccc(Sc2ccc(=O)n(-c3ccc(C(=O)NCc4ccc(C)cc4)cc3)n2)cc1. The van der Waals surface area contributed by atoms with Gasteiger partial charge in [-0.25, -0.2) is 0 Å². The third kappa shape index (κ3) is 5.70. The van der Waals surface area contributed by atoms with E-state index in [0.29, 0.717) is 22.8 Å². The number of nitrogens with zero attached hydrogens (tertiary/aromatic N) is 2. The van der Waals surface area contributed by atoms with Crippen molar-refractivity contribution in [3.63, 3.8) is 0 Å². The number of rotatable bonds is 7. The Hall–Kier alpha value is -3.84. The molecule has 33 heavy (non-hydrogen) atoms. The third-order valence-electron chi connectivity index (χ3n) is 5.01. The molecule has 1 aromatic heterocycles. The Morgan fingerprint density at radius 1 is 0.939 bits per heavy atom. The van der Waals surface area contributed by atoms with Gasteiger partial charge in [0.05, 0.1) is 12.8 Å². The lowest BCUT2D eigenvalue weighted by molar-refractivity contribution is 0.0951. The summed E-state index contributed by atoms with van der Waals surface area (Å²) in [5, 5.41) is 8.07. The van der Waals surface area contributed by atoms with Gasteiger partial charge in [-0.15, -0.1) is 0 Å². The topological polar surface area (TPSA) is 73.2 Å². The first kappa shape index (κ1) is 22.4. The minimum atomic E-state index is -0.245. The molecular formula is C26H23N3O3S. The van der Waals surface area contributed by atoms with E-state index in [4.69, 9.17) is 4.74 Å². The summed E-state index contributed by atoms with van der Waals surface area (Å²) >= 11 is 1.45. The quantitative estimate of drug-likeness (QED) is 0.438. The highest BCUT2D eigenvalue weighted by atomic mass is 32.2. The van der Waals surface area contributed by atoms with Crippen molar-refractivity contribution in [2.45, 2.75) is 23.4 Å². The van der Waals surface area contributed by atoms with E-state index in [1.54, 1.807) is 37.4 Å². The first-order valence-corrected chi connectivity index (χ1v) is 11.2. The number of methoxy groups -OCH3 is 1. The van der Waals surface area contributed by atoms with Crippen LogP contribution >= 0.6 is 11.8 Å². The Labute approximate surface area is 196 Å². The summed E-state index contributed by atoms with van der Waals surface area (Å²) in [4.78, 5) is 25.9. The molecule has 0 aliphatic carbocycles. The maximum absolute atomic E-state index is 12.5. The lowest BCUT2D eigenvalue weighted by Crippen LogP contribution is -2.23. The number of aromatic nitrogens is 2. The van der Waals surface area contributed by atoms with Crippen LogP contribution in [0, 0.1) is 6.92 Å². The van der Waals surface area contributed by atoms with Gasteiger partial charge in [0.25, 0.3) is 11.5 Å². The standard InChI is InChI=1S/C26H23N3O3S/c1-18-3-5-19(6-4-18)17-27-26(31)20-7-9-21(10-8-20)29-25(30)16-15-24(28-29)33-23-13-11-22(32-2)12-14-23/h3-16H,17H2,1-2H3,(H,27,31). The summed E-state index contributed by atoms with van der Waals surface area (Å²) in [6.45, 7) is 2.48. The van der Waals surface area contributed by atoms with E-state index in [1.807, 2.05) is 55.5 Å². The van der Waals surface area contributed by atoms with Crippen molar-refractivity contribution >= 4 is 17.7 Å². The van der Waals surface area contributed by atoms with Gasteiger partial charge < -0.3 is 10.1 Å². The number of nitrogens with one attached hydrogen (secondary N) is 1. The van der Waals surface area contributed by atoms with E-state index in [1.165, 1.54) is 28.1 Å². The van der Waals surface area contributed by atoms with Gasteiger partial charge in [0.2, 0.25) is 0 Å². The predicted octanol–water partition coefficient (Wildman–Crippen LogP) is 4.63. The zero-order valence-corrected chi connectivity index (χ0v) is 19.1. The molecule has 0 atom stereocenters. The zero-order chi connectivity index (χ0) is 23.2. The first-order chi connectivity index (χ1) is 16.0. The fourth-order valence-corrected chi connectivity index (χ4v) is 3.91. The second kappa shape index (κ2) is 10.2. The summed E-state index contributed by atoms with van der Waals surface area (Å²) in [6, 6.07) is 25.6. The second-order valence-corrected chi connectivity index (χ2v) is 8.51. The van der Waals surface area contributed by atoms with Crippen molar-refractivity contribution in [3.8, 4) is 11.4 Å². The van der Waals surface area contributed by atoms with Gasteiger partial charge in [0.1, 0.15) is 10.8 Å². The Kier molecular flexibility index (Phi) is 6.90. The van der Waals surface area contributed by atoms with Crippen molar-refractivity contribution in [1.29, 1.82) is 0 Å². The smallest absolute Gasteiger partial charge is 0.271 e. The Morgan fingerprint density at radius 2 is 1.64 bits per heavy atom. The van der Waals surface area contributed by atoms with Crippen molar-refractivity contribution in [1.82, 2.24) is 15.1 Å². The van der Waals surface area contributed by atoms with Crippen LogP contribution in [-0.4, -0.2) is 22.8 Å². The average molecular weight is 458 g/mol. The highest BCUT2D eigenvalue weighted by molar-refractivity contribution is 7.99. The molecule has 166 valence electrons. The number of benzene rings is 3. The number of aryl methyl sites for hydroxylation is 1. The van der Waals surface area contributed by atoms with E-state index < -0.39 is 0 Å². The van der Waals surface area contributed by atoms with Crippen LogP contribution in [0.25, 0.3) is 5.69 Å². The maximum Gasteiger partial charge on any atom is 0.271 e. The summed E-state index contributed by atoms with van der Waals surface area (Å²) in [5.74, 6) is 0.603. The minimum Gasteiger partial charge on any atom is -0.497 e. The first-order valence-electron chi connectivity index (χ1n) is 10.4. The van der Waals surface area contributed by atoms with Gasteiger partial charge in [-0.05, 0) is 67.1 Å². The van der Waals surface area contributed by atoms with Crippen molar-refractivity contribution < 1.29 is 9.53 Å². The molecule has 0 bridgehead atoms. The molecule has 4 rings (SSSR count). The fraction of sp³-hybridized carbons (Fsp3) is 0.115. The van der Waals surface area contributed by atoms with E-state index in [-0.39, 0.29) is 11.5 Å². The second-order valence-electron chi connectivity index (χ2n) is 7.41. The molecular weight excluding hydrogens is 434 g/mol. The van der Waals surface area contributed by atoms with Crippen LogP contribution in [0.15, 0.2) is 99.6 Å². The van der Waals surface area contributed by atoms with Gasteiger partial charge in [-0.1, -0.05) is 41.6 Å². The number of hydrogen-bond acceptors (Lipinski definition) is 5. The Bertz CT molecular complexity index is 1300. The molecule has 6 nitrogen and oxygen atoms in total. The van der Waals surface area contributed by atoms with Gasteiger partial charge in [-0.2, -0.15) is 9.78 Å². The summed E-state index contributed by atoms with van der Waals surface area (Å²) in [7, 11) is 1.62. The van der Waals surface area contributed by atoms with Crippen LogP contribution in [0.2, 0.25) is 0 Å². The highest BCUT2D eigenvalue weighted by Crippen LogP contribution is 2.27. The van der Waals surface area contributed by atoms with Crippen LogP contribution in [-0.2, 0) is 6.54 Å². The number of amides is 1. The third-order valence-corrected chi connectivity index (χ3v) is 5.94. The van der Waals surface area contributed by atoms with Crippen LogP contribution in [0.3, 0.4) is 0 Å². The summed E-state index contributed by atoms with van der Waals surface area (Å²) in [6.07, 6.45) is 0. The van der Waals surface area contributed by atoms with Crippen molar-refractivity contribution in [3.05, 3.63) is 112 Å². The summed E-state index contributed by atoms with van der Waals surface area (Å²) < 4.78 is 6.51. The number of carbonyl (C=O) groups is 1. The van der Waals surface area contributed by atoms with Crippen LogP contribution < -0.4 is 15.6 Å². The predicted molar refractivity (Wildman–Crippen MR) is 129 cm³/mol. The van der Waals surface area contributed by atoms with E-state index in [2.05, 4.69) is 10.4 Å².